The predicted octanol–water partition coefficient (Wildman–Crippen LogP) is 5.03. The minimum absolute atomic E-state index is 0.0293. The van der Waals surface area contributed by atoms with Gasteiger partial charge in [-0.05, 0) is 36.3 Å². The molecule has 132 valence electrons. The second-order valence-corrected chi connectivity index (χ2v) is 9.09. The average molecular weight is 398 g/mol. The van der Waals surface area contributed by atoms with Crippen molar-refractivity contribution < 1.29 is 9.53 Å². The van der Waals surface area contributed by atoms with Gasteiger partial charge in [0.25, 0.3) is 5.56 Å². The molecule has 0 amide bonds. The summed E-state index contributed by atoms with van der Waals surface area (Å²) in [4.78, 5) is 26.2. The molecule has 7 heteroatoms. The number of hydrogen-bond acceptors (Lipinski definition) is 4. The Morgan fingerprint density at radius 1 is 1.28 bits per heavy atom. The highest BCUT2D eigenvalue weighted by Crippen LogP contribution is 2.64. The molecule has 2 aromatic rings. The first kappa shape index (κ1) is 17.1. The van der Waals surface area contributed by atoms with Gasteiger partial charge >= 0.3 is 5.97 Å². The van der Waals surface area contributed by atoms with E-state index in [1.54, 1.807) is 18.2 Å². The Morgan fingerprint density at radius 3 is 2.56 bits per heavy atom. The number of carbonyl (C=O) groups excluding carboxylic acids is 1. The molecule has 1 saturated carbocycles. The Bertz CT molecular complexity index is 911. The maximum Gasteiger partial charge on any atom is 0.342 e. The molecule has 2 bridgehead atoms. The number of carbonyl (C=O) groups is 1. The van der Waals surface area contributed by atoms with E-state index in [0.717, 1.165) is 23.3 Å². The molecule has 2 aliphatic carbocycles. The molecule has 1 aromatic heterocycles. The Hall–Kier alpha value is -1.30. The first-order chi connectivity index (χ1) is 11.8. The number of fused-ring (bicyclic) bond motifs is 5. The molecule has 2 atom stereocenters. The predicted molar refractivity (Wildman–Crippen MR) is 99.0 cm³/mol. The molecule has 2 aliphatic rings. The van der Waals surface area contributed by atoms with Crippen molar-refractivity contribution in [3.05, 3.63) is 54.6 Å². The number of halogens is 2. The molecule has 1 fully saturated rings. The van der Waals surface area contributed by atoms with Crippen LogP contribution in [0.1, 0.15) is 59.3 Å². The topological polar surface area (TPSA) is 48.3 Å². The number of nitrogens with zero attached hydrogens (tertiary/aromatic N) is 1. The summed E-state index contributed by atoms with van der Waals surface area (Å²) in [7, 11) is 0. The normalized spacial score (nSPS) is 22.9. The second kappa shape index (κ2) is 5.86. The van der Waals surface area contributed by atoms with Gasteiger partial charge in [-0.1, -0.05) is 54.6 Å². The van der Waals surface area contributed by atoms with Crippen LogP contribution in [-0.4, -0.2) is 9.93 Å². The summed E-state index contributed by atoms with van der Waals surface area (Å²) in [5, 5.41) is 0.469. The molecule has 25 heavy (non-hydrogen) atoms. The monoisotopic (exact) mass is 397 g/mol. The maximum atomic E-state index is 12.8. The van der Waals surface area contributed by atoms with Gasteiger partial charge in [-0.2, -0.15) is 0 Å². The largest absolute Gasteiger partial charge is 0.439 e. The Balaban J connectivity index is 1.57. The zero-order valence-electron chi connectivity index (χ0n) is 13.8. The minimum Gasteiger partial charge on any atom is -0.439 e. The van der Waals surface area contributed by atoms with Crippen molar-refractivity contribution in [3.8, 4) is 0 Å². The van der Waals surface area contributed by atoms with Gasteiger partial charge in [0.1, 0.15) is 0 Å². The summed E-state index contributed by atoms with van der Waals surface area (Å²) in [6.45, 7) is 4.37. The fourth-order valence-electron chi connectivity index (χ4n) is 4.29. The van der Waals surface area contributed by atoms with Gasteiger partial charge in [-0.25, -0.2) is 8.75 Å². The third kappa shape index (κ3) is 2.47. The van der Waals surface area contributed by atoms with Crippen molar-refractivity contribution >= 4 is 40.7 Å². The summed E-state index contributed by atoms with van der Waals surface area (Å²) in [6, 6.07) is 4.82. The van der Waals surface area contributed by atoms with Crippen molar-refractivity contribution in [2.75, 3.05) is 0 Å². The summed E-state index contributed by atoms with van der Waals surface area (Å²) < 4.78 is 6.82. The molecule has 1 heterocycles. The summed E-state index contributed by atoms with van der Waals surface area (Å²) >= 11 is 13.5. The quantitative estimate of drug-likeness (QED) is 0.682. The van der Waals surface area contributed by atoms with Crippen LogP contribution in [0.15, 0.2) is 23.0 Å². The lowest BCUT2D eigenvalue weighted by Gasteiger charge is -2.24. The van der Waals surface area contributed by atoms with E-state index in [4.69, 9.17) is 27.9 Å². The van der Waals surface area contributed by atoms with Crippen LogP contribution in [0.3, 0.4) is 0 Å². The van der Waals surface area contributed by atoms with E-state index in [1.165, 1.54) is 15.5 Å². The first-order valence-corrected chi connectivity index (χ1v) is 9.70. The van der Waals surface area contributed by atoms with Crippen LogP contribution in [0.25, 0.3) is 0 Å². The van der Waals surface area contributed by atoms with Gasteiger partial charge in [-0.15, -0.1) is 0 Å². The Kier molecular flexibility index (Phi) is 4.02. The van der Waals surface area contributed by atoms with Crippen LogP contribution >= 0.6 is 34.7 Å². The highest BCUT2D eigenvalue weighted by molar-refractivity contribution is 7.06. The number of ether oxygens (including phenoxy) is 1. The van der Waals surface area contributed by atoms with E-state index in [2.05, 4.69) is 13.8 Å². The van der Waals surface area contributed by atoms with Crippen LogP contribution in [0.5, 0.6) is 0 Å². The molecule has 0 spiro atoms. The third-order valence-corrected chi connectivity index (χ3v) is 7.44. The van der Waals surface area contributed by atoms with Crippen LogP contribution in [-0.2, 0) is 11.5 Å². The molecule has 0 saturated heterocycles. The molecule has 4 nitrogen and oxygen atoms in total. The van der Waals surface area contributed by atoms with Crippen molar-refractivity contribution in [1.29, 1.82) is 0 Å². The lowest BCUT2D eigenvalue weighted by molar-refractivity contribution is 0.0385. The van der Waals surface area contributed by atoms with E-state index in [9.17, 15) is 9.59 Å². The molecule has 4 rings (SSSR count). The third-order valence-electron chi connectivity index (χ3n) is 5.62. The molecule has 1 aromatic carbocycles. The maximum absolute atomic E-state index is 12.8. The van der Waals surface area contributed by atoms with E-state index >= 15 is 0 Å². The van der Waals surface area contributed by atoms with Crippen LogP contribution in [0.2, 0.25) is 10.0 Å². The molecular formula is C18H17Cl2NO3S. The molecule has 2 unspecified atom stereocenters. The number of aromatic nitrogens is 1. The van der Waals surface area contributed by atoms with E-state index in [-0.39, 0.29) is 33.3 Å². The Morgan fingerprint density at radius 2 is 1.92 bits per heavy atom. The fourth-order valence-corrected chi connectivity index (χ4v) is 6.25. The van der Waals surface area contributed by atoms with Gasteiger partial charge in [0.2, 0.25) is 0 Å². The van der Waals surface area contributed by atoms with E-state index < -0.39 is 5.97 Å². The number of rotatable bonds is 3. The number of esters is 1. The van der Waals surface area contributed by atoms with Crippen molar-refractivity contribution in [2.45, 2.75) is 45.3 Å². The smallest absolute Gasteiger partial charge is 0.342 e. The van der Waals surface area contributed by atoms with Crippen LogP contribution < -0.4 is 5.56 Å². The van der Waals surface area contributed by atoms with Crippen molar-refractivity contribution in [1.82, 2.24) is 3.96 Å². The molecular weight excluding hydrogens is 381 g/mol. The Labute approximate surface area is 159 Å². The standard InChI is InChI=1S/C18H17Cl2NO3S/c1-18(2)9-6-7-10(18)15-13(9)16(22)21(25-15)8-24-17(23)14-11(19)4-3-5-12(14)20/h3-5,9-10H,6-8H2,1-2H3. The van der Waals surface area contributed by atoms with Gasteiger partial charge < -0.3 is 4.74 Å². The van der Waals surface area contributed by atoms with Crippen molar-refractivity contribution in [3.63, 3.8) is 0 Å². The average Bonchev–Trinajstić information content (AvgIpc) is 3.10. The molecule has 0 N–H and O–H groups in total. The molecule has 0 radical (unpaired) electrons. The summed E-state index contributed by atoms with van der Waals surface area (Å²) in [5.74, 6) is 0.116. The van der Waals surface area contributed by atoms with Crippen LogP contribution in [0, 0.1) is 5.41 Å². The number of hydrogen-bond donors (Lipinski definition) is 0. The first-order valence-electron chi connectivity index (χ1n) is 8.17. The summed E-state index contributed by atoms with van der Waals surface area (Å²) in [5.41, 5.74) is 1.18. The van der Waals surface area contributed by atoms with Gasteiger partial charge in [0.15, 0.2) is 6.73 Å². The fraction of sp³-hybridized carbons (Fsp3) is 0.444. The zero-order valence-corrected chi connectivity index (χ0v) is 16.2. The van der Waals surface area contributed by atoms with Gasteiger partial charge in [0, 0.05) is 16.4 Å². The number of benzene rings is 1. The highest BCUT2D eigenvalue weighted by atomic mass is 35.5. The lowest BCUT2D eigenvalue weighted by atomic mass is 9.80. The van der Waals surface area contributed by atoms with E-state index in [0.29, 0.717) is 11.8 Å². The van der Waals surface area contributed by atoms with Crippen molar-refractivity contribution in [2.24, 2.45) is 5.41 Å². The lowest BCUT2D eigenvalue weighted by Crippen LogP contribution is -2.24. The second-order valence-electron chi connectivity index (χ2n) is 7.21. The zero-order chi connectivity index (χ0) is 17.9. The molecule has 0 aliphatic heterocycles. The minimum atomic E-state index is -0.626. The van der Waals surface area contributed by atoms with Gasteiger partial charge in [-0.3, -0.25) is 4.79 Å². The highest BCUT2D eigenvalue weighted by Gasteiger charge is 2.54. The van der Waals surface area contributed by atoms with Gasteiger partial charge in [0.05, 0.1) is 15.6 Å². The SMILES string of the molecule is CC1(C)C2CCC1c1c2sn(COC(=O)c2c(Cl)cccc2Cl)c1=O. The summed E-state index contributed by atoms with van der Waals surface area (Å²) in [6.07, 6.45) is 2.19. The van der Waals surface area contributed by atoms with Crippen LogP contribution in [0.4, 0.5) is 0 Å². The van der Waals surface area contributed by atoms with E-state index in [1.807, 2.05) is 0 Å².